The molecule has 4 rings (SSSR count). The maximum absolute atomic E-state index is 13.8. The van der Waals surface area contributed by atoms with E-state index in [2.05, 4.69) is 10.2 Å². The molecule has 2 N–H and O–H groups in total. The standard InChI is InChI=1S/C21H22F2N4O4/c1-11(2)25-7-14-8-26(10-25)21(31)17-19(29)18(28)15(9-27(14)17)20(30)24-6-12-3-4-13(22)5-16(12)23/h3-5,9,11,14,29H,6-8,10H2,1-2H3,(H,24,30). The SMILES string of the molecule is CC(C)N1CC2CN(C1)C(=O)c1c(O)c(=O)c(C(=O)NCc3ccc(F)cc3F)cn12. The summed E-state index contributed by atoms with van der Waals surface area (Å²) in [6, 6.07) is 2.89. The van der Waals surface area contributed by atoms with E-state index in [0.29, 0.717) is 25.8 Å². The van der Waals surface area contributed by atoms with Crippen molar-refractivity contribution in [1.82, 2.24) is 19.7 Å². The van der Waals surface area contributed by atoms with Crippen LogP contribution in [0.5, 0.6) is 5.75 Å². The zero-order valence-electron chi connectivity index (χ0n) is 17.1. The molecule has 1 aromatic carbocycles. The number of amides is 2. The Kier molecular flexibility index (Phi) is 5.26. The molecule has 0 saturated carbocycles. The van der Waals surface area contributed by atoms with Crippen molar-refractivity contribution in [3.05, 3.63) is 63.1 Å². The number of hydrogen-bond donors (Lipinski definition) is 2. The van der Waals surface area contributed by atoms with Gasteiger partial charge < -0.3 is 19.9 Å². The lowest BCUT2D eigenvalue weighted by molar-refractivity contribution is 0.0133. The number of hydrogen-bond acceptors (Lipinski definition) is 5. The Morgan fingerprint density at radius 2 is 2.00 bits per heavy atom. The summed E-state index contributed by atoms with van der Waals surface area (Å²) in [6.45, 7) is 5.11. The quantitative estimate of drug-likeness (QED) is 0.763. The number of carbonyl (C=O) groups excluding carboxylic acids is 2. The zero-order chi connectivity index (χ0) is 22.4. The van der Waals surface area contributed by atoms with Crippen LogP contribution in [-0.4, -0.2) is 57.1 Å². The van der Waals surface area contributed by atoms with Crippen LogP contribution in [0.3, 0.4) is 0 Å². The highest BCUT2D eigenvalue weighted by atomic mass is 19.1. The summed E-state index contributed by atoms with van der Waals surface area (Å²) >= 11 is 0. The van der Waals surface area contributed by atoms with Crippen LogP contribution >= 0.6 is 0 Å². The second-order valence-corrected chi connectivity index (χ2v) is 8.08. The van der Waals surface area contributed by atoms with Crippen LogP contribution in [0.2, 0.25) is 0 Å². The van der Waals surface area contributed by atoms with E-state index in [-0.39, 0.29) is 35.4 Å². The topological polar surface area (TPSA) is 94.9 Å². The third-order valence-electron chi connectivity index (χ3n) is 5.75. The molecular weight excluding hydrogens is 410 g/mol. The summed E-state index contributed by atoms with van der Waals surface area (Å²) in [5, 5.41) is 12.9. The summed E-state index contributed by atoms with van der Waals surface area (Å²) in [5.41, 5.74) is -1.42. The summed E-state index contributed by atoms with van der Waals surface area (Å²) in [4.78, 5) is 41.7. The Hall–Kier alpha value is -3.27. The van der Waals surface area contributed by atoms with Gasteiger partial charge in [0, 0.05) is 43.5 Å². The van der Waals surface area contributed by atoms with Crippen molar-refractivity contribution < 1.29 is 23.5 Å². The number of fused-ring (bicyclic) bond motifs is 4. The summed E-state index contributed by atoms with van der Waals surface area (Å²) in [6.07, 6.45) is 1.28. The lowest BCUT2D eigenvalue weighted by atomic mass is 10.0. The lowest BCUT2D eigenvalue weighted by Gasteiger charge is -2.46. The fourth-order valence-electron chi connectivity index (χ4n) is 3.98. The van der Waals surface area contributed by atoms with Crippen molar-refractivity contribution in [2.45, 2.75) is 32.5 Å². The normalized spacial score (nSPS) is 18.3. The second-order valence-electron chi connectivity index (χ2n) is 8.08. The average molecular weight is 432 g/mol. The first-order chi connectivity index (χ1) is 14.7. The molecule has 1 saturated heterocycles. The molecule has 1 fully saturated rings. The van der Waals surface area contributed by atoms with Gasteiger partial charge in [0.15, 0.2) is 11.4 Å². The van der Waals surface area contributed by atoms with Gasteiger partial charge in [0.25, 0.3) is 11.8 Å². The van der Waals surface area contributed by atoms with Crippen molar-refractivity contribution in [3.63, 3.8) is 0 Å². The summed E-state index contributed by atoms with van der Waals surface area (Å²) in [5.74, 6) is -3.65. The number of aromatic hydroxyl groups is 1. The van der Waals surface area contributed by atoms with Crippen LogP contribution in [0.1, 0.15) is 46.3 Å². The largest absolute Gasteiger partial charge is 0.503 e. The minimum absolute atomic E-state index is 0.0442. The van der Waals surface area contributed by atoms with Crippen molar-refractivity contribution in [2.75, 3.05) is 19.8 Å². The molecule has 2 bridgehead atoms. The minimum atomic E-state index is -0.974. The molecule has 0 radical (unpaired) electrons. The van der Waals surface area contributed by atoms with Crippen LogP contribution in [0.15, 0.2) is 29.2 Å². The average Bonchev–Trinajstić information content (AvgIpc) is 2.73. The highest BCUT2D eigenvalue weighted by molar-refractivity contribution is 5.99. The van der Waals surface area contributed by atoms with Crippen LogP contribution in [0.4, 0.5) is 8.78 Å². The predicted molar refractivity (Wildman–Crippen MR) is 107 cm³/mol. The van der Waals surface area contributed by atoms with Gasteiger partial charge >= 0.3 is 0 Å². The van der Waals surface area contributed by atoms with Crippen LogP contribution in [-0.2, 0) is 6.54 Å². The number of aromatic nitrogens is 1. The van der Waals surface area contributed by atoms with Crippen LogP contribution in [0, 0.1) is 11.6 Å². The van der Waals surface area contributed by atoms with Crippen molar-refractivity contribution in [1.29, 1.82) is 0 Å². The first-order valence-electron chi connectivity index (χ1n) is 9.91. The maximum atomic E-state index is 13.8. The van der Waals surface area contributed by atoms with E-state index in [1.54, 1.807) is 4.90 Å². The third kappa shape index (κ3) is 3.67. The fraction of sp³-hybridized carbons (Fsp3) is 0.381. The first-order valence-corrected chi connectivity index (χ1v) is 9.91. The molecule has 0 aliphatic carbocycles. The smallest absolute Gasteiger partial charge is 0.275 e. The fourth-order valence-corrected chi connectivity index (χ4v) is 3.98. The Bertz CT molecular complexity index is 1130. The number of nitrogens with one attached hydrogen (secondary N) is 1. The Labute approximate surface area is 176 Å². The molecule has 2 amide bonds. The molecule has 8 nitrogen and oxygen atoms in total. The van der Waals surface area contributed by atoms with Gasteiger partial charge in [-0.3, -0.25) is 19.3 Å². The number of benzene rings is 1. The molecule has 2 aromatic rings. The van der Waals surface area contributed by atoms with Gasteiger partial charge in [0.1, 0.15) is 17.2 Å². The predicted octanol–water partition coefficient (Wildman–Crippen LogP) is 1.44. The van der Waals surface area contributed by atoms with E-state index in [1.807, 2.05) is 13.8 Å². The third-order valence-corrected chi connectivity index (χ3v) is 5.75. The Balaban J connectivity index is 1.65. The summed E-state index contributed by atoms with van der Waals surface area (Å²) < 4.78 is 28.3. The van der Waals surface area contributed by atoms with Gasteiger partial charge in [-0.1, -0.05) is 6.07 Å². The first kappa shape index (κ1) is 21.0. The summed E-state index contributed by atoms with van der Waals surface area (Å²) in [7, 11) is 0. The van der Waals surface area contributed by atoms with E-state index in [9.17, 15) is 28.3 Å². The van der Waals surface area contributed by atoms with E-state index in [0.717, 1.165) is 6.07 Å². The van der Waals surface area contributed by atoms with Crippen molar-refractivity contribution >= 4 is 11.8 Å². The number of pyridine rings is 1. The van der Waals surface area contributed by atoms with E-state index < -0.39 is 34.6 Å². The molecule has 10 heteroatoms. The number of carbonyl (C=O) groups is 2. The van der Waals surface area contributed by atoms with E-state index in [1.165, 1.54) is 16.8 Å². The van der Waals surface area contributed by atoms with Gasteiger partial charge in [0.05, 0.1) is 12.7 Å². The zero-order valence-corrected chi connectivity index (χ0v) is 17.1. The Morgan fingerprint density at radius 1 is 1.26 bits per heavy atom. The van der Waals surface area contributed by atoms with Gasteiger partial charge in [0.2, 0.25) is 5.43 Å². The van der Waals surface area contributed by atoms with Gasteiger partial charge in [-0.15, -0.1) is 0 Å². The molecule has 1 unspecified atom stereocenters. The number of rotatable bonds is 4. The van der Waals surface area contributed by atoms with Gasteiger partial charge in [-0.05, 0) is 19.9 Å². The van der Waals surface area contributed by atoms with Gasteiger partial charge in [-0.2, -0.15) is 0 Å². The highest BCUT2D eigenvalue weighted by Gasteiger charge is 2.40. The molecular formula is C21H22F2N4O4. The van der Waals surface area contributed by atoms with Crippen LogP contribution in [0.25, 0.3) is 0 Å². The molecule has 0 spiro atoms. The molecule has 164 valence electrons. The minimum Gasteiger partial charge on any atom is -0.503 e. The molecule has 2 aliphatic rings. The molecule has 2 aliphatic heterocycles. The molecule has 1 aromatic heterocycles. The van der Waals surface area contributed by atoms with Crippen LogP contribution < -0.4 is 10.7 Å². The Morgan fingerprint density at radius 3 is 2.68 bits per heavy atom. The molecule has 31 heavy (non-hydrogen) atoms. The molecule has 3 heterocycles. The van der Waals surface area contributed by atoms with E-state index >= 15 is 0 Å². The molecule has 1 atom stereocenters. The van der Waals surface area contributed by atoms with Crippen molar-refractivity contribution in [3.8, 4) is 5.75 Å². The van der Waals surface area contributed by atoms with Gasteiger partial charge in [-0.25, -0.2) is 8.78 Å². The van der Waals surface area contributed by atoms with Crippen molar-refractivity contribution in [2.24, 2.45) is 0 Å². The lowest BCUT2D eigenvalue weighted by Crippen LogP contribution is -2.58. The number of nitrogens with zero attached hydrogens (tertiary/aromatic N) is 3. The highest BCUT2D eigenvalue weighted by Crippen LogP contribution is 2.30. The maximum Gasteiger partial charge on any atom is 0.275 e. The monoisotopic (exact) mass is 432 g/mol. The number of halogens is 2. The van der Waals surface area contributed by atoms with E-state index in [4.69, 9.17) is 0 Å². The second kappa shape index (κ2) is 7.77.